The molecule has 0 unspecified atom stereocenters. The van der Waals surface area contributed by atoms with Crippen molar-refractivity contribution >= 4 is 23.3 Å². The van der Waals surface area contributed by atoms with Gasteiger partial charge in [-0.2, -0.15) is 0 Å². The molecule has 1 aliphatic heterocycles. The van der Waals surface area contributed by atoms with Crippen molar-refractivity contribution in [1.29, 1.82) is 0 Å². The van der Waals surface area contributed by atoms with E-state index in [0.717, 1.165) is 33.8 Å². The molecule has 1 aromatic carbocycles. The van der Waals surface area contributed by atoms with E-state index in [0.29, 0.717) is 13.1 Å². The Balaban J connectivity index is 1.64. The van der Waals surface area contributed by atoms with Gasteiger partial charge in [0.25, 0.3) is 5.91 Å². The normalized spacial score (nSPS) is 16.6. The quantitative estimate of drug-likeness (QED) is 0.748. The Bertz CT molecular complexity index is 899. The van der Waals surface area contributed by atoms with Crippen LogP contribution in [-0.2, 0) is 11.3 Å². The van der Waals surface area contributed by atoms with Crippen molar-refractivity contribution < 1.29 is 14.3 Å². The van der Waals surface area contributed by atoms with Crippen LogP contribution in [0.3, 0.4) is 0 Å². The fraction of sp³-hybridized carbons (Fsp3) is 0.478. The van der Waals surface area contributed by atoms with Crippen LogP contribution in [0.1, 0.15) is 48.0 Å². The summed E-state index contributed by atoms with van der Waals surface area (Å²) in [5.41, 5.74) is 2.80. The van der Waals surface area contributed by atoms with Crippen molar-refractivity contribution in [3.05, 3.63) is 46.3 Å². The minimum atomic E-state index is -0.534. The first-order valence-electron chi connectivity index (χ1n) is 10.3. The second-order valence-corrected chi connectivity index (χ2v) is 9.79. The van der Waals surface area contributed by atoms with Gasteiger partial charge < -0.3 is 20.3 Å². The lowest BCUT2D eigenvalue weighted by Gasteiger charge is -2.22. The van der Waals surface area contributed by atoms with Gasteiger partial charge in [0.05, 0.1) is 10.9 Å². The van der Waals surface area contributed by atoms with Gasteiger partial charge in [-0.25, -0.2) is 4.79 Å². The molecule has 0 bridgehead atoms. The van der Waals surface area contributed by atoms with Crippen LogP contribution in [0.25, 0.3) is 10.4 Å². The van der Waals surface area contributed by atoms with E-state index in [2.05, 4.69) is 41.0 Å². The Morgan fingerprint density at radius 3 is 2.57 bits per heavy atom. The highest BCUT2D eigenvalue weighted by molar-refractivity contribution is 7.17. The van der Waals surface area contributed by atoms with Crippen LogP contribution < -0.4 is 10.6 Å². The highest BCUT2D eigenvalue weighted by Gasteiger charge is 2.30. The van der Waals surface area contributed by atoms with E-state index in [9.17, 15) is 9.59 Å². The summed E-state index contributed by atoms with van der Waals surface area (Å²) in [5.74, 6) is 0.0315. The monoisotopic (exact) mass is 429 g/mol. The van der Waals surface area contributed by atoms with Gasteiger partial charge in [-0.05, 0) is 63.9 Å². The summed E-state index contributed by atoms with van der Waals surface area (Å²) < 4.78 is 5.32. The minimum absolute atomic E-state index is 0.0315. The number of rotatable bonds is 5. The van der Waals surface area contributed by atoms with Crippen molar-refractivity contribution in [3.63, 3.8) is 0 Å². The number of benzene rings is 1. The Kier molecular flexibility index (Phi) is 6.83. The molecule has 3 rings (SSSR count). The van der Waals surface area contributed by atoms with Crippen molar-refractivity contribution in [2.24, 2.45) is 0 Å². The molecule has 0 saturated carbocycles. The van der Waals surface area contributed by atoms with Gasteiger partial charge in [0.1, 0.15) is 5.60 Å². The molecule has 2 amide bonds. The van der Waals surface area contributed by atoms with E-state index in [4.69, 9.17) is 4.74 Å². The zero-order chi connectivity index (χ0) is 21.9. The molecular weight excluding hydrogens is 398 g/mol. The van der Waals surface area contributed by atoms with Crippen molar-refractivity contribution in [2.75, 3.05) is 20.1 Å². The third-order valence-corrected chi connectivity index (χ3v) is 6.20. The first kappa shape index (κ1) is 22.3. The zero-order valence-corrected chi connectivity index (χ0v) is 19.2. The van der Waals surface area contributed by atoms with Gasteiger partial charge in [-0.1, -0.05) is 24.3 Å². The number of aryl methyl sites for hydroxylation is 1. The second kappa shape index (κ2) is 9.18. The molecule has 1 fully saturated rings. The van der Waals surface area contributed by atoms with Crippen LogP contribution in [0.15, 0.2) is 30.3 Å². The largest absolute Gasteiger partial charge is 0.444 e. The predicted octanol–water partition coefficient (Wildman–Crippen LogP) is 4.18. The second-order valence-electron chi connectivity index (χ2n) is 8.73. The fourth-order valence-electron chi connectivity index (χ4n) is 3.51. The van der Waals surface area contributed by atoms with Crippen molar-refractivity contribution in [3.8, 4) is 10.4 Å². The summed E-state index contributed by atoms with van der Waals surface area (Å²) in [6.45, 7) is 9.46. The summed E-state index contributed by atoms with van der Waals surface area (Å²) in [5, 5.41) is 6.02. The van der Waals surface area contributed by atoms with E-state index in [1.807, 2.05) is 39.6 Å². The average Bonchev–Trinajstić information content (AvgIpc) is 3.27. The maximum absolute atomic E-state index is 13.1. The minimum Gasteiger partial charge on any atom is -0.444 e. The fourth-order valence-corrected chi connectivity index (χ4v) is 4.65. The summed E-state index contributed by atoms with van der Waals surface area (Å²) in [7, 11) is 1.93. The Morgan fingerprint density at radius 2 is 1.93 bits per heavy atom. The van der Waals surface area contributed by atoms with Crippen LogP contribution in [0.2, 0.25) is 0 Å². The zero-order valence-electron chi connectivity index (χ0n) is 18.4. The number of carbonyl (C=O) groups is 2. The van der Waals surface area contributed by atoms with Crippen LogP contribution >= 0.6 is 11.3 Å². The van der Waals surface area contributed by atoms with Gasteiger partial charge in [0.2, 0.25) is 0 Å². The van der Waals surface area contributed by atoms with Crippen LogP contribution in [0.4, 0.5) is 4.79 Å². The number of nitrogens with one attached hydrogen (secondary N) is 2. The maximum Gasteiger partial charge on any atom is 0.407 e. The molecule has 2 N–H and O–H groups in total. The molecule has 0 spiro atoms. The lowest BCUT2D eigenvalue weighted by atomic mass is 10.1. The molecule has 30 heavy (non-hydrogen) atoms. The average molecular weight is 430 g/mol. The molecule has 7 heteroatoms. The van der Waals surface area contributed by atoms with Gasteiger partial charge in [0, 0.05) is 24.5 Å². The van der Waals surface area contributed by atoms with Crippen molar-refractivity contribution in [1.82, 2.24) is 15.5 Å². The van der Waals surface area contributed by atoms with E-state index >= 15 is 0 Å². The highest BCUT2D eigenvalue weighted by Crippen LogP contribution is 2.33. The highest BCUT2D eigenvalue weighted by atomic mass is 32.1. The van der Waals surface area contributed by atoms with Gasteiger partial charge in [0.15, 0.2) is 0 Å². The first-order valence-corrected chi connectivity index (χ1v) is 11.1. The molecule has 2 heterocycles. The number of alkyl carbamates (subject to hydrolysis) is 1. The van der Waals surface area contributed by atoms with E-state index in [1.165, 1.54) is 16.9 Å². The summed E-state index contributed by atoms with van der Waals surface area (Å²) in [6.07, 6.45) is 0.299. The molecule has 1 aliphatic rings. The molecule has 1 saturated heterocycles. The van der Waals surface area contributed by atoms with Crippen LogP contribution in [0.5, 0.6) is 0 Å². The lowest BCUT2D eigenvalue weighted by Crippen LogP contribution is -2.41. The Labute approximate surface area is 182 Å². The van der Waals surface area contributed by atoms with Crippen molar-refractivity contribution in [2.45, 2.75) is 52.3 Å². The molecule has 1 atom stereocenters. The number of nitrogens with zero attached hydrogens (tertiary/aromatic N) is 1. The number of hydrogen-bond donors (Lipinski definition) is 2. The Hall–Kier alpha value is -2.38. The number of likely N-dealkylation sites (tertiary alicyclic amines) is 1. The first-order chi connectivity index (χ1) is 14.2. The van der Waals surface area contributed by atoms with Gasteiger partial charge >= 0.3 is 6.09 Å². The summed E-state index contributed by atoms with van der Waals surface area (Å²) in [4.78, 5) is 28.8. The molecular formula is C23H31N3O3S. The molecule has 6 nitrogen and oxygen atoms in total. The lowest BCUT2D eigenvalue weighted by molar-refractivity contribution is 0.0502. The van der Waals surface area contributed by atoms with E-state index in [-0.39, 0.29) is 11.9 Å². The maximum atomic E-state index is 13.1. The molecule has 1 aromatic heterocycles. The molecule has 162 valence electrons. The smallest absolute Gasteiger partial charge is 0.407 e. The standard InChI is InChI=1S/C23H31N3O3S/c1-15-12-19(17-8-6-16(7-9-17)13-24-5)30-20(15)21(27)26-11-10-18(14-26)25-22(28)29-23(2,3)4/h6-9,12,18,24H,10-11,13-14H2,1-5H3,(H,25,28)/t18-/m0/s1. The van der Waals surface area contributed by atoms with E-state index in [1.54, 1.807) is 0 Å². The summed E-state index contributed by atoms with van der Waals surface area (Å²) in [6, 6.07) is 10.4. The Morgan fingerprint density at radius 1 is 1.23 bits per heavy atom. The number of carbonyl (C=O) groups excluding carboxylic acids is 2. The van der Waals surface area contributed by atoms with Gasteiger partial charge in [-0.3, -0.25) is 4.79 Å². The third kappa shape index (κ3) is 5.61. The molecule has 2 aromatic rings. The van der Waals surface area contributed by atoms with Crippen LogP contribution in [-0.4, -0.2) is 48.7 Å². The number of thiophene rings is 1. The number of amides is 2. The summed E-state index contributed by atoms with van der Waals surface area (Å²) >= 11 is 1.53. The number of ether oxygens (including phenoxy) is 1. The predicted molar refractivity (Wildman–Crippen MR) is 121 cm³/mol. The SMILES string of the molecule is CNCc1ccc(-c2cc(C)c(C(=O)N3CC[C@H](NC(=O)OC(C)(C)C)C3)s2)cc1. The van der Waals surface area contributed by atoms with Crippen LogP contribution in [0, 0.1) is 6.92 Å². The molecule has 0 radical (unpaired) electrons. The topological polar surface area (TPSA) is 70.7 Å². The third-order valence-electron chi connectivity index (χ3n) is 4.93. The van der Waals surface area contributed by atoms with Gasteiger partial charge in [-0.15, -0.1) is 11.3 Å². The number of hydrogen-bond acceptors (Lipinski definition) is 5. The molecule has 0 aliphatic carbocycles. The van der Waals surface area contributed by atoms with E-state index < -0.39 is 11.7 Å².